The largest absolute Gasteiger partial charge is 0.493 e. The lowest BCUT2D eigenvalue weighted by atomic mass is 10.2. The molecule has 182 valence electrons. The van der Waals surface area contributed by atoms with Gasteiger partial charge in [0.15, 0.2) is 11.5 Å². The molecular weight excluding hydrogens is 489 g/mol. The van der Waals surface area contributed by atoms with Crippen LogP contribution in [0.2, 0.25) is 5.02 Å². The van der Waals surface area contributed by atoms with Crippen LogP contribution in [0.25, 0.3) is 5.69 Å². The highest BCUT2D eigenvalue weighted by Gasteiger charge is 2.11. The molecular formula is C25H25ClFN5O2S. The molecule has 0 fully saturated rings. The van der Waals surface area contributed by atoms with Crippen LogP contribution < -0.4 is 14.8 Å². The molecule has 4 aromatic rings. The lowest BCUT2D eigenvalue weighted by Gasteiger charge is -2.13. The van der Waals surface area contributed by atoms with Gasteiger partial charge in [-0.25, -0.2) is 4.39 Å². The Labute approximate surface area is 212 Å². The number of nitrogens with one attached hydrogen (secondary N) is 1. The van der Waals surface area contributed by atoms with Crippen molar-refractivity contribution in [2.24, 2.45) is 0 Å². The normalized spacial score (nSPS) is 10.9. The third-order valence-corrected chi connectivity index (χ3v) is 6.52. The van der Waals surface area contributed by atoms with Gasteiger partial charge in [0.2, 0.25) is 5.16 Å². The van der Waals surface area contributed by atoms with Crippen LogP contribution in [0, 0.1) is 5.82 Å². The molecule has 0 amide bonds. The first-order chi connectivity index (χ1) is 17.2. The Hall–Kier alpha value is -3.14. The summed E-state index contributed by atoms with van der Waals surface area (Å²) in [6.45, 7) is 1.54. The number of thioether (sulfide) groups is 1. The minimum absolute atomic E-state index is 0.0185. The lowest BCUT2D eigenvalue weighted by molar-refractivity contribution is 0.279. The topological polar surface area (TPSA) is 74.1 Å². The van der Waals surface area contributed by atoms with Gasteiger partial charge in [-0.1, -0.05) is 53.7 Å². The van der Waals surface area contributed by atoms with E-state index in [-0.39, 0.29) is 6.61 Å². The van der Waals surface area contributed by atoms with Gasteiger partial charge in [-0.05, 0) is 65.4 Å². The van der Waals surface area contributed by atoms with Gasteiger partial charge in [0.05, 0.1) is 17.8 Å². The van der Waals surface area contributed by atoms with Crippen LogP contribution in [0.3, 0.4) is 0 Å². The maximum atomic E-state index is 14.0. The molecule has 0 aliphatic carbocycles. The van der Waals surface area contributed by atoms with E-state index in [0.717, 1.165) is 35.1 Å². The Morgan fingerprint density at radius 1 is 1.06 bits per heavy atom. The molecule has 4 rings (SSSR count). The van der Waals surface area contributed by atoms with Crippen molar-refractivity contribution in [3.05, 3.63) is 88.7 Å². The molecule has 10 heteroatoms. The van der Waals surface area contributed by atoms with Crippen molar-refractivity contribution in [2.45, 2.75) is 24.7 Å². The number of hydrogen-bond donors (Lipinski definition) is 1. The van der Waals surface area contributed by atoms with Gasteiger partial charge in [-0.3, -0.25) is 0 Å². The fraction of sp³-hybridized carbons (Fsp3) is 0.240. The van der Waals surface area contributed by atoms with E-state index in [1.807, 2.05) is 48.5 Å². The number of tetrazole rings is 1. The van der Waals surface area contributed by atoms with E-state index in [9.17, 15) is 4.39 Å². The second-order valence-electron chi connectivity index (χ2n) is 7.56. The van der Waals surface area contributed by atoms with E-state index < -0.39 is 5.82 Å². The Bertz CT molecular complexity index is 1220. The Balaban J connectivity index is 1.22. The molecule has 0 saturated carbocycles. The summed E-state index contributed by atoms with van der Waals surface area (Å²) in [4.78, 5) is 0. The number of nitrogens with zero attached hydrogens (tertiary/aromatic N) is 4. The molecule has 1 N–H and O–H groups in total. The molecule has 0 spiro atoms. The van der Waals surface area contributed by atoms with E-state index in [1.54, 1.807) is 35.7 Å². The first kappa shape index (κ1) is 25.0. The maximum Gasteiger partial charge on any atom is 0.214 e. The van der Waals surface area contributed by atoms with Gasteiger partial charge < -0.3 is 14.8 Å². The molecule has 0 bridgehead atoms. The van der Waals surface area contributed by atoms with E-state index in [2.05, 4.69) is 20.8 Å². The average molecular weight is 514 g/mol. The fourth-order valence-corrected chi connectivity index (χ4v) is 4.40. The number of halogens is 2. The van der Waals surface area contributed by atoms with Crippen molar-refractivity contribution in [1.82, 2.24) is 25.5 Å². The highest BCUT2D eigenvalue weighted by molar-refractivity contribution is 7.99. The zero-order valence-corrected chi connectivity index (χ0v) is 20.7. The summed E-state index contributed by atoms with van der Waals surface area (Å²) in [7, 11) is 1.58. The molecule has 1 aromatic heterocycles. The molecule has 0 atom stereocenters. The summed E-state index contributed by atoms with van der Waals surface area (Å²) < 4.78 is 27.0. The third kappa shape index (κ3) is 6.72. The second kappa shape index (κ2) is 12.5. The highest BCUT2D eigenvalue weighted by Crippen LogP contribution is 2.30. The molecule has 0 radical (unpaired) electrons. The zero-order chi connectivity index (χ0) is 24.5. The third-order valence-electron chi connectivity index (χ3n) is 5.16. The number of benzene rings is 3. The van der Waals surface area contributed by atoms with Crippen LogP contribution in [0.4, 0.5) is 4.39 Å². The first-order valence-corrected chi connectivity index (χ1v) is 12.4. The van der Waals surface area contributed by atoms with Gasteiger partial charge in [0.1, 0.15) is 12.4 Å². The molecule has 7 nitrogen and oxygen atoms in total. The number of hydrogen-bond acceptors (Lipinski definition) is 7. The molecule has 0 aliphatic rings. The summed E-state index contributed by atoms with van der Waals surface area (Å²) in [6, 6.07) is 20.1. The molecule has 35 heavy (non-hydrogen) atoms. The number of ether oxygens (including phenoxy) is 2. The van der Waals surface area contributed by atoms with Gasteiger partial charge in [0.25, 0.3) is 0 Å². The summed E-state index contributed by atoms with van der Waals surface area (Å²) in [5.41, 5.74) is 2.31. The van der Waals surface area contributed by atoms with Crippen molar-refractivity contribution in [3.63, 3.8) is 0 Å². The van der Waals surface area contributed by atoms with Crippen LogP contribution in [-0.2, 0) is 13.2 Å². The zero-order valence-electron chi connectivity index (χ0n) is 19.2. The highest BCUT2D eigenvalue weighted by atomic mass is 35.5. The van der Waals surface area contributed by atoms with Gasteiger partial charge >= 0.3 is 0 Å². The summed E-state index contributed by atoms with van der Waals surface area (Å²) >= 11 is 7.70. The van der Waals surface area contributed by atoms with Crippen molar-refractivity contribution < 1.29 is 13.9 Å². The monoisotopic (exact) mass is 513 g/mol. The molecule has 0 saturated heterocycles. The van der Waals surface area contributed by atoms with Crippen molar-refractivity contribution in [1.29, 1.82) is 0 Å². The van der Waals surface area contributed by atoms with Crippen molar-refractivity contribution in [2.75, 3.05) is 19.4 Å². The van der Waals surface area contributed by atoms with E-state index in [0.29, 0.717) is 28.6 Å². The number of rotatable bonds is 12. The van der Waals surface area contributed by atoms with Crippen LogP contribution in [-0.4, -0.2) is 39.6 Å². The van der Waals surface area contributed by atoms with Crippen LogP contribution in [0.5, 0.6) is 11.5 Å². The predicted octanol–water partition coefficient (Wildman–Crippen LogP) is 5.31. The van der Waals surface area contributed by atoms with Crippen LogP contribution >= 0.6 is 23.4 Å². The van der Waals surface area contributed by atoms with Crippen molar-refractivity contribution >= 4 is 23.4 Å². The molecule has 0 unspecified atom stereocenters. The average Bonchev–Trinajstić information content (AvgIpc) is 3.35. The predicted molar refractivity (Wildman–Crippen MR) is 135 cm³/mol. The number of aromatic nitrogens is 4. The van der Waals surface area contributed by atoms with Crippen molar-refractivity contribution in [3.8, 4) is 17.2 Å². The smallest absolute Gasteiger partial charge is 0.214 e. The Kier molecular flexibility index (Phi) is 8.94. The molecule has 3 aromatic carbocycles. The Morgan fingerprint density at radius 3 is 2.71 bits per heavy atom. The first-order valence-electron chi connectivity index (χ1n) is 11.1. The van der Waals surface area contributed by atoms with Gasteiger partial charge in [0, 0.05) is 17.9 Å². The molecule has 0 aliphatic heterocycles. The quantitative estimate of drug-likeness (QED) is 0.203. The van der Waals surface area contributed by atoms with E-state index >= 15 is 0 Å². The maximum absolute atomic E-state index is 14.0. The van der Waals surface area contributed by atoms with E-state index in [1.165, 1.54) is 6.07 Å². The summed E-state index contributed by atoms with van der Waals surface area (Å²) in [5, 5.41) is 16.5. The second-order valence-corrected chi connectivity index (χ2v) is 9.03. The minimum atomic E-state index is -0.396. The van der Waals surface area contributed by atoms with E-state index in [4.69, 9.17) is 21.1 Å². The van der Waals surface area contributed by atoms with Gasteiger partial charge in [-0.15, -0.1) is 5.10 Å². The molecule has 1 heterocycles. The Morgan fingerprint density at radius 2 is 1.91 bits per heavy atom. The fourth-order valence-electron chi connectivity index (χ4n) is 3.35. The standard InChI is InChI=1S/C25H25ClFN5O2S/c1-33-24-15-18(11-12-23(24)34-17-20-21(26)9-5-10-22(20)27)16-28-13-6-14-35-25-29-30-31-32(25)19-7-3-2-4-8-19/h2-5,7-12,15,28H,6,13-14,16-17H2,1H3. The summed E-state index contributed by atoms with van der Waals surface area (Å²) in [5.74, 6) is 1.60. The number of methoxy groups -OCH3 is 1. The minimum Gasteiger partial charge on any atom is -0.493 e. The van der Waals surface area contributed by atoms with Gasteiger partial charge in [-0.2, -0.15) is 4.68 Å². The SMILES string of the molecule is COc1cc(CNCCCSc2nnnn2-c2ccccc2)ccc1OCc1c(F)cccc1Cl. The van der Waals surface area contributed by atoms with Crippen LogP contribution in [0.1, 0.15) is 17.5 Å². The van der Waals surface area contributed by atoms with Crippen LogP contribution in [0.15, 0.2) is 71.9 Å². The summed E-state index contributed by atoms with van der Waals surface area (Å²) in [6.07, 6.45) is 0.952. The lowest BCUT2D eigenvalue weighted by Crippen LogP contribution is -2.15. The number of para-hydroxylation sites is 1.